The molecule has 0 saturated carbocycles. The molecule has 0 saturated heterocycles. The average Bonchev–Trinajstić information content (AvgIpc) is 2.71. The molecule has 2 aliphatic rings. The van der Waals surface area contributed by atoms with E-state index in [1.54, 1.807) is 11.1 Å². The summed E-state index contributed by atoms with van der Waals surface area (Å²) in [6, 6.07) is 7.51. The van der Waals surface area contributed by atoms with Crippen LogP contribution in [0, 0.1) is 0 Å². The molecule has 1 aliphatic carbocycles. The molecule has 3 rings (SSSR count). The van der Waals surface area contributed by atoms with Crippen LogP contribution < -0.4 is 5.32 Å². The zero-order valence-corrected chi connectivity index (χ0v) is 6.59. The molecule has 2 bridgehead atoms. The van der Waals surface area contributed by atoms with Crippen LogP contribution in [0.3, 0.4) is 0 Å². The Balaban J connectivity index is 2.18. The van der Waals surface area contributed by atoms with Crippen molar-refractivity contribution in [3.63, 3.8) is 0 Å². The molecule has 1 heteroatoms. The zero-order valence-electron chi connectivity index (χ0n) is 6.59. The molecular formula is C10H11N. The maximum atomic E-state index is 3.51. The molecule has 1 heterocycles. The lowest BCUT2D eigenvalue weighted by Gasteiger charge is -2.11. The van der Waals surface area contributed by atoms with Gasteiger partial charge in [0.2, 0.25) is 0 Å². The van der Waals surface area contributed by atoms with E-state index in [4.69, 9.17) is 0 Å². The van der Waals surface area contributed by atoms with Crippen molar-refractivity contribution in [2.75, 3.05) is 0 Å². The quantitative estimate of drug-likeness (QED) is 0.585. The largest absolute Gasteiger partial charge is 0.309 e. The van der Waals surface area contributed by atoms with E-state index in [-0.39, 0.29) is 0 Å². The van der Waals surface area contributed by atoms with Gasteiger partial charge in [0.1, 0.15) is 0 Å². The highest BCUT2D eigenvalue weighted by Crippen LogP contribution is 2.47. The maximum Gasteiger partial charge on any atom is 0.0246 e. The van der Waals surface area contributed by atoms with Gasteiger partial charge in [0.05, 0.1) is 0 Å². The fraction of sp³-hybridized carbons (Fsp3) is 0.400. The van der Waals surface area contributed by atoms with Gasteiger partial charge >= 0.3 is 0 Å². The number of nitrogens with one attached hydrogen (secondary N) is 1. The summed E-state index contributed by atoms with van der Waals surface area (Å²) < 4.78 is 0. The van der Waals surface area contributed by atoms with E-state index in [9.17, 15) is 0 Å². The summed E-state index contributed by atoms with van der Waals surface area (Å²) in [7, 11) is 0. The average molecular weight is 145 g/mol. The number of fused-ring (bicyclic) bond motifs is 2. The first-order valence-electron chi connectivity index (χ1n) is 4.22. The lowest BCUT2D eigenvalue weighted by Crippen LogP contribution is -2.26. The zero-order chi connectivity index (χ0) is 7.42. The SMILES string of the molecule is CC1NCc2ccc3c(c2)C31. The summed E-state index contributed by atoms with van der Waals surface area (Å²) in [6.45, 7) is 3.32. The van der Waals surface area contributed by atoms with Crippen LogP contribution >= 0.6 is 0 Å². The van der Waals surface area contributed by atoms with Crippen LogP contribution in [0.5, 0.6) is 0 Å². The fourth-order valence-electron chi connectivity index (χ4n) is 2.14. The number of benzene rings is 1. The van der Waals surface area contributed by atoms with Crippen molar-refractivity contribution in [2.24, 2.45) is 0 Å². The predicted molar refractivity (Wildman–Crippen MR) is 44.6 cm³/mol. The number of hydrogen-bond acceptors (Lipinski definition) is 1. The third-order valence-corrected chi connectivity index (χ3v) is 2.87. The lowest BCUT2D eigenvalue weighted by molar-refractivity contribution is 0.542. The molecule has 56 valence electrons. The van der Waals surface area contributed by atoms with E-state index in [0.29, 0.717) is 6.04 Å². The second kappa shape index (κ2) is 1.67. The van der Waals surface area contributed by atoms with E-state index in [2.05, 4.69) is 30.4 Å². The number of rotatable bonds is 0. The van der Waals surface area contributed by atoms with Crippen LogP contribution in [0.25, 0.3) is 0 Å². The molecular weight excluding hydrogens is 134 g/mol. The third kappa shape index (κ3) is 0.641. The highest BCUT2D eigenvalue weighted by atomic mass is 14.9. The topological polar surface area (TPSA) is 12.0 Å². The highest BCUT2D eigenvalue weighted by molar-refractivity contribution is 5.56. The number of hydrogen-bond donors (Lipinski definition) is 1. The Morgan fingerprint density at radius 3 is 3.18 bits per heavy atom. The van der Waals surface area contributed by atoms with Crippen molar-refractivity contribution in [1.82, 2.24) is 5.32 Å². The van der Waals surface area contributed by atoms with E-state index < -0.39 is 0 Å². The van der Waals surface area contributed by atoms with E-state index in [1.807, 2.05) is 0 Å². The van der Waals surface area contributed by atoms with Gasteiger partial charge in [-0.25, -0.2) is 0 Å². The van der Waals surface area contributed by atoms with Crippen molar-refractivity contribution in [3.8, 4) is 0 Å². The van der Waals surface area contributed by atoms with Crippen LogP contribution in [-0.4, -0.2) is 6.04 Å². The molecule has 2 atom stereocenters. The normalized spacial score (nSPS) is 31.4. The first kappa shape index (κ1) is 5.78. The van der Waals surface area contributed by atoms with Gasteiger partial charge in [-0.2, -0.15) is 0 Å². The van der Waals surface area contributed by atoms with Gasteiger partial charge in [0.15, 0.2) is 0 Å². The fourth-order valence-corrected chi connectivity index (χ4v) is 2.14. The molecule has 1 aromatic rings. The molecule has 2 unspecified atom stereocenters. The summed E-state index contributed by atoms with van der Waals surface area (Å²) in [6.07, 6.45) is 0. The Bertz CT molecular complexity index is 317. The standard InChI is InChI=1S/C10H11N/c1-6-10-8-3-2-7(5-11-6)4-9(8)10/h2-4,6,10-11H,5H2,1H3. The van der Waals surface area contributed by atoms with Gasteiger partial charge in [-0.1, -0.05) is 18.2 Å². The molecule has 1 nitrogen and oxygen atoms in total. The second-order valence-corrected chi connectivity index (χ2v) is 3.61. The first-order valence-corrected chi connectivity index (χ1v) is 4.22. The molecule has 0 fully saturated rings. The van der Waals surface area contributed by atoms with Gasteiger partial charge in [-0.05, 0) is 23.6 Å². The molecule has 1 N–H and O–H groups in total. The molecule has 0 spiro atoms. The monoisotopic (exact) mass is 145 g/mol. The van der Waals surface area contributed by atoms with Crippen molar-refractivity contribution in [2.45, 2.75) is 25.4 Å². The van der Waals surface area contributed by atoms with Gasteiger partial charge in [0, 0.05) is 18.5 Å². The van der Waals surface area contributed by atoms with Gasteiger partial charge < -0.3 is 5.32 Å². The van der Waals surface area contributed by atoms with Crippen LogP contribution in [0.4, 0.5) is 0 Å². The van der Waals surface area contributed by atoms with E-state index in [0.717, 1.165) is 12.5 Å². The van der Waals surface area contributed by atoms with Crippen molar-refractivity contribution in [1.29, 1.82) is 0 Å². The summed E-state index contributed by atoms with van der Waals surface area (Å²) in [5.74, 6) is 0.742. The van der Waals surface area contributed by atoms with Crippen molar-refractivity contribution >= 4 is 0 Å². The molecule has 0 amide bonds. The van der Waals surface area contributed by atoms with Crippen molar-refractivity contribution in [3.05, 3.63) is 34.9 Å². The highest BCUT2D eigenvalue weighted by Gasteiger charge is 2.38. The van der Waals surface area contributed by atoms with Crippen LogP contribution in [0.15, 0.2) is 18.2 Å². The van der Waals surface area contributed by atoms with Crippen LogP contribution in [0.2, 0.25) is 0 Å². The minimum atomic E-state index is 0.652. The Kier molecular flexibility index (Phi) is 0.878. The Hall–Kier alpha value is -0.820. The van der Waals surface area contributed by atoms with Gasteiger partial charge in [0.25, 0.3) is 0 Å². The van der Waals surface area contributed by atoms with Crippen LogP contribution in [-0.2, 0) is 6.54 Å². The minimum Gasteiger partial charge on any atom is -0.309 e. The smallest absolute Gasteiger partial charge is 0.0246 e. The molecule has 11 heavy (non-hydrogen) atoms. The van der Waals surface area contributed by atoms with Gasteiger partial charge in [-0.3, -0.25) is 0 Å². The molecule has 0 aromatic heterocycles. The maximum absolute atomic E-state index is 3.51. The van der Waals surface area contributed by atoms with Gasteiger partial charge in [-0.15, -0.1) is 0 Å². The third-order valence-electron chi connectivity index (χ3n) is 2.87. The molecule has 1 aromatic carbocycles. The van der Waals surface area contributed by atoms with E-state index in [1.165, 1.54) is 5.56 Å². The second-order valence-electron chi connectivity index (χ2n) is 3.61. The summed E-state index contributed by atoms with van der Waals surface area (Å²) in [5.41, 5.74) is 4.59. The first-order chi connectivity index (χ1) is 5.36. The van der Waals surface area contributed by atoms with Crippen LogP contribution in [0.1, 0.15) is 29.5 Å². The lowest BCUT2D eigenvalue weighted by atomic mass is 10.1. The van der Waals surface area contributed by atoms with E-state index >= 15 is 0 Å². The Morgan fingerprint density at radius 2 is 2.27 bits per heavy atom. The van der Waals surface area contributed by atoms with Crippen molar-refractivity contribution < 1.29 is 0 Å². The predicted octanol–water partition coefficient (Wildman–Crippen LogP) is 1.62. The summed E-state index contributed by atoms with van der Waals surface area (Å²) in [5, 5.41) is 3.51. The Labute approximate surface area is 66.4 Å². The Morgan fingerprint density at radius 1 is 1.36 bits per heavy atom. The summed E-state index contributed by atoms with van der Waals surface area (Å²) >= 11 is 0. The molecule has 1 aliphatic heterocycles. The summed E-state index contributed by atoms with van der Waals surface area (Å²) in [4.78, 5) is 0. The minimum absolute atomic E-state index is 0.652. The molecule has 0 radical (unpaired) electrons.